The van der Waals surface area contributed by atoms with Gasteiger partial charge in [0.2, 0.25) is 0 Å². The van der Waals surface area contributed by atoms with Gasteiger partial charge in [-0.3, -0.25) is 4.79 Å². The molecule has 126 valence electrons. The number of rotatable bonds is 3. The zero-order valence-electron chi connectivity index (χ0n) is 12.6. The lowest BCUT2D eigenvalue weighted by Crippen LogP contribution is -2.24. The number of hydrogen-bond acceptors (Lipinski definition) is 2. The van der Waals surface area contributed by atoms with Crippen molar-refractivity contribution in [2.45, 2.75) is 6.18 Å². The number of hydrogen-bond donors (Lipinski definition) is 3. The monoisotopic (exact) mass is 337 g/mol. The molecular formula is C16H14F3N3O2. The van der Waals surface area contributed by atoms with E-state index in [9.17, 15) is 22.8 Å². The van der Waals surface area contributed by atoms with Crippen LogP contribution < -0.4 is 16.0 Å². The Morgan fingerprint density at radius 3 is 2.17 bits per heavy atom. The van der Waals surface area contributed by atoms with E-state index in [4.69, 9.17) is 0 Å². The SMILES string of the molecule is CNC(=O)Nc1cccc(NC(=O)c2cccc(C(F)(F)F)c2)c1. The molecule has 24 heavy (non-hydrogen) atoms. The molecule has 2 aromatic carbocycles. The van der Waals surface area contributed by atoms with Crippen molar-refractivity contribution >= 4 is 23.3 Å². The number of carbonyl (C=O) groups is 2. The highest BCUT2D eigenvalue weighted by atomic mass is 19.4. The molecule has 3 N–H and O–H groups in total. The average Bonchev–Trinajstić information content (AvgIpc) is 2.54. The minimum absolute atomic E-state index is 0.116. The van der Waals surface area contributed by atoms with Crippen LogP contribution in [-0.2, 0) is 6.18 Å². The van der Waals surface area contributed by atoms with Gasteiger partial charge in [0.25, 0.3) is 5.91 Å². The van der Waals surface area contributed by atoms with Crippen molar-refractivity contribution in [2.75, 3.05) is 17.7 Å². The Hall–Kier alpha value is -3.03. The predicted octanol–water partition coefficient (Wildman–Crippen LogP) is 3.71. The minimum atomic E-state index is -4.52. The molecule has 0 aliphatic rings. The first-order valence-electron chi connectivity index (χ1n) is 6.87. The van der Waals surface area contributed by atoms with E-state index in [0.717, 1.165) is 12.1 Å². The Kier molecular flexibility index (Phi) is 5.08. The molecule has 0 bridgehead atoms. The van der Waals surface area contributed by atoms with Gasteiger partial charge >= 0.3 is 12.2 Å². The number of urea groups is 1. The van der Waals surface area contributed by atoms with Gasteiger partial charge in [-0.25, -0.2) is 4.79 Å². The maximum atomic E-state index is 12.7. The topological polar surface area (TPSA) is 70.2 Å². The first-order valence-corrected chi connectivity index (χ1v) is 6.87. The molecule has 3 amide bonds. The second-order valence-electron chi connectivity index (χ2n) is 4.82. The summed E-state index contributed by atoms with van der Waals surface area (Å²) in [7, 11) is 1.45. The number of amides is 3. The third kappa shape index (κ3) is 4.48. The number of anilines is 2. The summed E-state index contributed by atoms with van der Waals surface area (Å²) in [5, 5.41) is 7.39. The molecule has 0 heterocycles. The van der Waals surface area contributed by atoms with Crippen molar-refractivity contribution in [2.24, 2.45) is 0 Å². The van der Waals surface area contributed by atoms with Crippen LogP contribution in [0, 0.1) is 0 Å². The Morgan fingerprint density at radius 1 is 0.917 bits per heavy atom. The van der Waals surface area contributed by atoms with Crippen LogP contribution in [0.3, 0.4) is 0 Å². The van der Waals surface area contributed by atoms with Crippen LogP contribution in [0.4, 0.5) is 29.3 Å². The summed E-state index contributed by atoms with van der Waals surface area (Å²) < 4.78 is 38.1. The maximum absolute atomic E-state index is 12.7. The number of benzene rings is 2. The van der Waals surface area contributed by atoms with Gasteiger partial charge in [0.05, 0.1) is 5.56 Å². The van der Waals surface area contributed by atoms with Crippen molar-refractivity contribution in [1.29, 1.82) is 0 Å². The Bertz CT molecular complexity index is 760. The smallest absolute Gasteiger partial charge is 0.341 e. The molecular weight excluding hydrogens is 323 g/mol. The molecule has 0 spiro atoms. The Morgan fingerprint density at radius 2 is 1.54 bits per heavy atom. The van der Waals surface area contributed by atoms with Gasteiger partial charge < -0.3 is 16.0 Å². The number of alkyl halides is 3. The molecule has 2 rings (SSSR count). The fourth-order valence-electron chi connectivity index (χ4n) is 1.91. The Labute approximate surface area is 135 Å². The van der Waals surface area contributed by atoms with Crippen LogP contribution in [0.1, 0.15) is 15.9 Å². The van der Waals surface area contributed by atoms with Crippen LogP contribution in [0.5, 0.6) is 0 Å². The number of halogens is 3. The van der Waals surface area contributed by atoms with E-state index in [0.29, 0.717) is 11.4 Å². The van der Waals surface area contributed by atoms with E-state index >= 15 is 0 Å². The molecule has 0 saturated heterocycles. The van der Waals surface area contributed by atoms with E-state index in [1.165, 1.54) is 25.2 Å². The fourth-order valence-corrected chi connectivity index (χ4v) is 1.91. The van der Waals surface area contributed by atoms with Crippen molar-refractivity contribution < 1.29 is 22.8 Å². The molecule has 0 unspecified atom stereocenters. The highest BCUT2D eigenvalue weighted by Gasteiger charge is 2.30. The van der Waals surface area contributed by atoms with Crippen LogP contribution in [0.2, 0.25) is 0 Å². The summed E-state index contributed by atoms with van der Waals surface area (Å²) in [6.45, 7) is 0. The van der Waals surface area contributed by atoms with Gasteiger partial charge in [0.15, 0.2) is 0 Å². The molecule has 0 aromatic heterocycles. The second-order valence-corrected chi connectivity index (χ2v) is 4.82. The number of nitrogens with one attached hydrogen (secondary N) is 3. The number of carbonyl (C=O) groups excluding carboxylic acids is 2. The van der Waals surface area contributed by atoms with Crippen LogP contribution in [-0.4, -0.2) is 19.0 Å². The molecule has 8 heteroatoms. The zero-order valence-corrected chi connectivity index (χ0v) is 12.6. The van der Waals surface area contributed by atoms with Crippen molar-refractivity contribution in [1.82, 2.24) is 5.32 Å². The van der Waals surface area contributed by atoms with E-state index < -0.39 is 23.7 Å². The largest absolute Gasteiger partial charge is 0.416 e. The normalized spacial score (nSPS) is 10.8. The van der Waals surface area contributed by atoms with E-state index in [1.807, 2.05) is 0 Å². The van der Waals surface area contributed by atoms with Crippen LogP contribution in [0.25, 0.3) is 0 Å². The highest BCUT2D eigenvalue weighted by molar-refractivity contribution is 6.04. The summed E-state index contributed by atoms with van der Waals surface area (Å²) in [4.78, 5) is 23.4. The molecule has 0 radical (unpaired) electrons. The van der Waals surface area contributed by atoms with Crippen molar-refractivity contribution in [3.63, 3.8) is 0 Å². The second kappa shape index (κ2) is 7.03. The standard InChI is InChI=1S/C16H14F3N3O2/c1-20-15(24)22-13-7-3-6-12(9-13)21-14(23)10-4-2-5-11(8-10)16(17,18)19/h2-9H,1H3,(H,21,23)(H2,20,22,24). The maximum Gasteiger partial charge on any atom is 0.416 e. The van der Waals surface area contributed by atoms with Gasteiger partial charge in [-0.15, -0.1) is 0 Å². The first kappa shape index (κ1) is 17.3. The molecule has 5 nitrogen and oxygen atoms in total. The summed E-state index contributed by atoms with van der Waals surface area (Å²) in [5.74, 6) is -0.682. The van der Waals surface area contributed by atoms with Gasteiger partial charge in [0.1, 0.15) is 0 Å². The van der Waals surface area contributed by atoms with E-state index in [1.54, 1.807) is 18.2 Å². The van der Waals surface area contributed by atoms with Gasteiger partial charge in [-0.1, -0.05) is 12.1 Å². The van der Waals surface area contributed by atoms with Crippen molar-refractivity contribution in [3.05, 3.63) is 59.7 Å². The van der Waals surface area contributed by atoms with E-state index in [2.05, 4.69) is 16.0 Å². The average molecular weight is 337 g/mol. The third-order valence-electron chi connectivity index (χ3n) is 3.06. The zero-order chi connectivity index (χ0) is 17.7. The lowest BCUT2D eigenvalue weighted by Gasteiger charge is -2.10. The summed E-state index contributed by atoms with van der Waals surface area (Å²) in [5.41, 5.74) is -0.248. The van der Waals surface area contributed by atoms with Crippen molar-refractivity contribution in [3.8, 4) is 0 Å². The Balaban J connectivity index is 2.15. The van der Waals surface area contributed by atoms with Crippen LogP contribution >= 0.6 is 0 Å². The summed E-state index contributed by atoms with van der Waals surface area (Å²) >= 11 is 0. The van der Waals surface area contributed by atoms with Gasteiger partial charge in [-0.2, -0.15) is 13.2 Å². The van der Waals surface area contributed by atoms with Gasteiger partial charge in [-0.05, 0) is 36.4 Å². The molecule has 0 fully saturated rings. The summed E-state index contributed by atoms with van der Waals surface area (Å²) in [6.07, 6.45) is -4.52. The first-order chi connectivity index (χ1) is 11.3. The lowest BCUT2D eigenvalue weighted by atomic mass is 10.1. The van der Waals surface area contributed by atoms with Gasteiger partial charge in [0, 0.05) is 24.0 Å². The highest BCUT2D eigenvalue weighted by Crippen LogP contribution is 2.29. The van der Waals surface area contributed by atoms with E-state index in [-0.39, 0.29) is 5.56 Å². The molecule has 0 atom stereocenters. The lowest BCUT2D eigenvalue weighted by molar-refractivity contribution is -0.137. The molecule has 2 aromatic rings. The quantitative estimate of drug-likeness (QED) is 0.799. The summed E-state index contributed by atoms with van der Waals surface area (Å²) in [6, 6.07) is 9.94. The minimum Gasteiger partial charge on any atom is -0.341 e. The van der Waals surface area contributed by atoms with Crippen LogP contribution in [0.15, 0.2) is 48.5 Å². The fraction of sp³-hybridized carbons (Fsp3) is 0.125. The molecule has 0 aliphatic carbocycles. The molecule has 0 saturated carbocycles. The predicted molar refractivity (Wildman–Crippen MR) is 83.9 cm³/mol. The molecule has 0 aliphatic heterocycles. The third-order valence-corrected chi connectivity index (χ3v) is 3.06.